The first-order valence-corrected chi connectivity index (χ1v) is 8.26. The Morgan fingerprint density at radius 1 is 1.08 bits per heavy atom. The molecule has 8 heteroatoms. The summed E-state index contributed by atoms with van der Waals surface area (Å²) in [4.78, 5) is 11.9. The highest BCUT2D eigenvalue weighted by Crippen LogP contribution is 2.33. The van der Waals surface area contributed by atoms with E-state index in [2.05, 4.69) is 10.6 Å². The molecule has 26 heavy (non-hydrogen) atoms. The van der Waals surface area contributed by atoms with Crippen LogP contribution in [0.3, 0.4) is 0 Å². The second-order valence-electron chi connectivity index (χ2n) is 5.58. The van der Waals surface area contributed by atoms with Gasteiger partial charge in [-0.05, 0) is 42.8 Å². The lowest BCUT2D eigenvalue weighted by Crippen LogP contribution is -2.24. The fraction of sp³-hybridized carbons (Fsp3) is 0.278. The summed E-state index contributed by atoms with van der Waals surface area (Å²) >= 11 is 5.82. The lowest BCUT2D eigenvalue weighted by atomic mass is 10.1. The summed E-state index contributed by atoms with van der Waals surface area (Å²) in [5, 5.41) is 5.38. The molecule has 0 aliphatic heterocycles. The summed E-state index contributed by atoms with van der Waals surface area (Å²) in [5.41, 5.74) is -0.404. The van der Waals surface area contributed by atoms with Crippen molar-refractivity contribution < 1.29 is 22.4 Å². The van der Waals surface area contributed by atoms with Gasteiger partial charge >= 0.3 is 6.18 Å². The molecule has 0 bridgehead atoms. The van der Waals surface area contributed by atoms with Crippen molar-refractivity contribution in [1.82, 2.24) is 5.32 Å². The molecule has 2 aromatic rings. The van der Waals surface area contributed by atoms with Gasteiger partial charge in [0.2, 0.25) is 5.91 Å². The summed E-state index contributed by atoms with van der Waals surface area (Å²) in [6.07, 6.45) is -4.00. The number of anilines is 1. The minimum Gasteiger partial charge on any atom is -0.325 e. The Bertz CT molecular complexity index is 765. The van der Waals surface area contributed by atoms with Gasteiger partial charge < -0.3 is 10.6 Å². The second kappa shape index (κ2) is 9.00. The number of alkyl halides is 3. The van der Waals surface area contributed by atoms with Gasteiger partial charge in [0.05, 0.1) is 16.3 Å². The summed E-state index contributed by atoms with van der Waals surface area (Å²) < 4.78 is 51.5. The zero-order valence-corrected chi connectivity index (χ0v) is 14.4. The van der Waals surface area contributed by atoms with E-state index in [-0.39, 0.29) is 22.9 Å². The number of carbonyl (C=O) groups is 1. The van der Waals surface area contributed by atoms with Crippen molar-refractivity contribution in [2.75, 3.05) is 18.4 Å². The van der Waals surface area contributed by atoms with E-state index >= 15 is 0 Å². The van der Waals surface area contributed by atoms with Gasteiger partial charge in [0.1, 0.15) is 5.82 Å². The number of nitrogens with one attached hydrogen (secondary N) is 2. The molecule has 0 aliphatic rings. The van der Waals surface area contributed by atoms with E-state index in [0.717, 1.165) is 18.2 Å². The number of hydrogen-bond acceptors (Lipinski definition) is 2. The van der Waals surface area contributed by atoms with E-state index in [0.29, 0.717) is 25.1 Å². The standard InChI is InChI=1S/C18H17ClF4N2O/c19-14-6-5-13(18(21,22)23)11-16(14)25-17(26)8-10-24-9-7-12-3-1-2-4-15(12)20/h1-6,11,24H,7-10H2,(H,25,26). The van der Waals surface area contributed by atoms with Crippen LogP contribution in [0.15, 0.2) is 42.5 Å². The minimum atomic E-state index is -4.52. The van der Waals surface area contributed by atoms with Crippen molar-refractivity contribution in [3.05, 3.63) is 64.4 Å². The average molecular weight is 389 g/mol. The van der Waals surface area contributed by atoms with Gasteiger partial charge in [0.15, 0.2) is 0 Å². The van der Waals surface area contributed by atoms with E-state index in [4.69, 9.17) is 11.6 Å². The molecule has 0 radical (unpaired) electrons. The van der Waals surface area contributed by atoms with Gasteiger partial charge in [-0.1, -0.05) is 29.8 Å². The first-order valence-electron chi connectivity index (χ1n) is 7.88. The van der Waals surface area contributed by atoms with Crippen molar-refractivity contribution in [2.45, 2.75) is 19.0 Å². The summed E-state index contributed by atoms with van der Waals surface area (Å²) in [7, 11) is 0. The molecule has 0 atom stereocenters. The highest BCUT2D eigenvalue weighted by Gasteiger charge is 2.31. The van der Waals surface area contributed by atoms with Crippen molar-refractivity contribution >= 4 is 23.2 Å². The third kappa shape index (κ3) is 6.00. The van der Waals surface area contributed by atoms with Crippen LogP contribution in [0.5, 0.6) is 0 Å². The number of halogens is 5. The van der Waals surface area contributed by atoms with E-state index in [9.17, 15) is 22.4 Å². The fourth-order valence-electron chi connectivity index (χ4n) is 2.26. The van der Waals surface area contributed by atoms with Crippen LogP contribution >= 0.6 is 11.6 Å². The molecule has 3 nitrogen and oxygen atoms in total. The molecule has 140 valence electrons. The predicted molar refractivity (Wildman–Crippen MR) is 92.7 cm³/mol. The van der Waals surface area contributed by atoms with E-state index in [1.807, 2.05) is 0 Å². The van der Waals surface area contributed by atoms with Crippen LogP contribution < -0.4 is 10.6 Å². The third-order valence-corrected chi connectivity index (χ3v) is 3.96. The Hall–Kier alpha value is -2.12. The van der Waals surface area contributed by atoms with Gasteiger partial charge in [-0.3, -0.25) is 4.79 Å². The maximum atomic E-state index is 13.4. The first kappa shape index (κ1) is 20.2. The topological polar surface area (TPSA) is 41.1 Å². The number of benzene rings is 2. The van der Waals surface area contributed by atoms with E-state index in [1.165, 1.54) is 6.07 Å². The van der Waals surface area contributed by atoms with Crippen molar-refractivity contribution in [3.8, 4) is 0 Å². The van der Waals surface area contributed by atoms with Crippen molar-refractivity contribution in [2.24, 2.45) is 0 Å². The lowest BCUT2D eigenvalue weighted by molar-refractivity contribution is -0.137. The van der Waals surface area contributed by atoms with Crippen LogP contribution in [-0.2, 0) is 17.4 Å². The molecule has 2 N–H and O–H groups in total. The van der Waals surface area contributed by atoms with Gasteiger partial charge in [0.25, 0.3) is 0 Å². The second-order valence-corrected chi connectivity index (χ2v) is 5.99. The van der Waals surface area contributed by atoms with Crippen molar-refractivity contribution in [3.63, 3.8) is 0 Å². The number of carbonyl (C=O) groups excluding carboxylic acids is 1. The third-order valence-electron chi connectivity index (χ3n) is 3.63. The van der Waals surface area contributed by atoms with Crippen LogP contribution in [0, 0.1) is 5.82 Å². The van der Waals surface area contributed by atoms with Gasteiger partial charge in [0, 0.05) is 13.0 Å². The summed E-state index contributed by atoms with van der Waals surface area (Å²) in [5.74, 6) is -0.754. The lowest BCUT2D eigenvalue weighted by Gasteiger charge is -2.12. The van der Waals surface area contributed by atoms with Crippen LogP contribution in [0.25, 0.3) is 0 Å². The smallest absolute Gasteiger partial charge is 0.325 e. The molecule has 0 spiro atoms. The highest BCUT2D eigenvalue weighted by atomic mass is 35.5. The van der Waals surface area contributed by atoms with Gasteiger partial charge in [-0.2, -0.15) is 13.2 Å². The molecule has 2 aromatic carbocycles. The van der Waals surface area contributed by atoms with Crippen LogP contribution in [0.1, 0.15) is 17.5 Å². The number of hydrogen-bond donors (Lipinski definition) is 2. The SMILES string of the molecule is O=C(CCNCCc1ccccc1F)Nc1cc(C(F)(F)F)ccc1Cl. The molecule has 0 heterocycles. The maximum absolute atomic E-state index is 13.4. The molecule has 0 saturated heterocycles. The first-order chi connectivity index (χ1) is 12.3. The average Bonchev–Trinajstić information content (AvgIpc) is 2.57. The monoisotopic (exact) mass is 388 g/mol. The largest absolute Gasteiger partial charge is 0.416 e. The Kier molecular flexibility index (Phi) is 6.99. The fourth-order valence-corrected chi connectivity index (χ4v) is 2.43. The molecule has 2 rings (SSSR count). The number of rotatable bonds is 7. The van der Waals surface area contributed by atoms with Gasteiger partial charge in [-0.25, -0.2) is 4.39 Å². The van der Waals surface area contributed by atoms with Crippen LogP contribution in [-0.4, -0.2) is 19.0 Å². The zero-order chi connectivity index (χ0) is 19.2. The van der Waals surface area contributed by atoms with Crippen LogP contribution in [0.4, 0.5) is 23.2 Å². The van der Waals surface area contributed by atoms with E-state index < -0.39 is 17.6 Å². The molecule has 0 fully saturated rings. The molecular weight excluding hydrogens is 372 g/mol. The number of amides is 1. The summed E-state index contributed by atoms with van der Waals surface area (Å²) in [6, 6.07) is 9.14. The maximum Gasteiger partial charge on any atom is 0.416 e. The molecule has 0 unspecified atom stereocenters. The van der Waals surface area contributed by atoms with Crippen LogP contribution in [0.2, 0.25) is 5.02 Å². The predicted octanol–water partition coefficient (Wildman–Crippen LogP) is 4.66. The Morgan fingerprint density at radius 2 is 1.81 bits per heavy atom. The molecular formula is C18H17ClF4N2O. The van der Waals surface area contributed by atoms with E-state index in [1.54, 1.807) is 18.2 Å². The minimum absolute atomic E-state index is 0.0267. The summed E-state index contributed by atoms with van der Waals surface area (Å²) in [6.45, 7) is 0.773. The zero-order valence-electron chi connectivity index (χ0n) is 13.7. The quantitative estimate of drug-likeness (QED) is 0.535. The normalized spacial score (nSPS) is 11.4. The Balaban J connectivity index is 1.78. The molecule has 0 saturated carbocycles. The molecule has 0 aromatic heterocycles. The highest BCUT2D eigenvalue weighted by molar-refractivity contribution is 6.33. The van der Waals surface area contributed by atoms with Crippen molar-refractivity contribution in [1.29, 1.82) is 0 Å². The Labute approximate surface area is 153 Å². The van der Waals surface area contributed by atoms with Gasteiger partial charge in [-0.15, -0.1) is 0 Å². The molecule has 0 aliphatic carbocycles. The Morgan fingerprint density at radius 3 is 2.50 bits per heavy atom. The molecule has 1 amide bonds.